The standard InChI is InChI=1S/C12H19N3O2/c1-3-15(7-4-8-16)12(17)10-9-14-6-5-11(10)13-2/h5-6,9,16H,3-4,7-8H2,1-2H3,(H,13,14). The maximum atomic E-state index is 12.2. The number of carbonyl (C=O) groups excluding carboxylic acids is 1. The summed E-state index contributed by atoms with van der Waals surface area (Å²) in [5.41, 5.74) is 1.34. The van der Waals surface area contributed by atoms with Gasteiger partial charge in [-0.05, 0) is 19.4 Å². The zero-order valence-electron chi connectivity index (χ0n) is 10.3. The molecule has 0 unspecified atom stereocenters. The monoisotopic (exact) mass is 237 g/mol. The van der Waals surface area contributed by atoms with Gasteiger partial charge < -0.3 is 15.3 Å². The quantitative estimate of drug-likeness (QED) is 0.773. The van der Waals surface area contributed by atoms with Crippen molar-refractivity contribution in [1.82, 2.24) is 9.88 Å². The molecule has 0 atom stereocenters. The van der Waals surface area contributed by atoms with E-state index in [1.54, 1.807) is 30.4 Å². The highest BCUT2D eigenvalue weighted by Gasteiger charge is 2.16. The number of aromatic nitrogens is 1. The number of aliphatic hydroxyl groups excluding tert-OH is 1. The fourth-order valence-corrected chi connectivity index (χ4v) is 1.62. The molecule has 0 bridgehead atoms. The Hall–Kier alpha value is -1.62. The Morgan fingerprint density at radius 3 is 2.94 bits per heavy atom. The summed E-state index contributed by atoms with van der Waals surface area (Å²) in [4.78, 5) is 17.9. The number of pyridine rings is 1. The van der Waals surface area contributed by atoms with E-state index in [1.165, 1.54) is 0 Å². The van der Waals surface area contributed by atoms with Gasteiger partial charge in [-0.15, -0.1) is 0 Å². The van der Waals surface area contributed by atoms with Gasteiger partial charge in [-0.2, -0.15) is 0 Å². The van der Waals surface area contributed by atoms with Crippen LogP contribution in [0.1, 0.15) is 23.7 Å². The molecule has 0 aliphatic heterocycles. The Kier molecular flexibility index (Phi) is 5.42. The summed E-state index contributed by atoms with van der Waals surface area (Å²) in [6.07, 6.45) is 3.80. The third-order valence-corrected chi connectivity index (χ3v) is 2.58. The number of rotatable bonds is 6. The van der Waals surface area contributed by atoms with Gasteiger partial charge in [0.2, 0.25) is 0 Å². The molecule has 1 amide bonds. The van der Waals surface area contributed by atoms with Crippen LogP contribution in [-0.4, -0.2) is 47.6 Å². The Morgan fingerprint density at radius 1 is 1.59 bits per heavy atom. The predicted molar refractivity (Wildman–Crippen MR) is 67.1 cm³/mol. The van der Waals surface area contributed by atoms with E-state index in [0.29, 0.717) is 25.1 Å². The summed E-state index contributed by atoms with van der Waals surface area (Å²) in [5.74, 6) is -0.0570. The molecule has 1 aromatic heterocycles. The second kappa shape index (κ2) is 6.85. The largest absolute Gasteiger partial charge is 0.396 e. The van der Waals surface area contributed by atoms with Gasteiger partial charge in [0.25, 0.3) is 5.91 Å². The van der Waals surface area contributed by atoms with Gasteiger partial charge in [-0.25, -0.2) is 0 Å². The first kappa shape index (κ1) is 13.4. The van der Waals surface area contributed by atoms with E-state index < -0.39 is 0 Å². The summed E-state index contributed by atoms with van der Waals surface area (Å²) in [7, 11) is 1.77. The lowest BCUT2D eigenvalue weighted by atomic mass is 10.2. The van der Waals surface area contributed by atoms with Crippen LogP contribution in [0.25, 0.3) is 0 Å². The molecule has 5 heteroatoms. The number of hydrogen-bond donors (Lipinski definition) is 2. The third kappa shape index (κ3) is 3.42. The van der Waals surface area contributed by atoms with Gasteiger partial charge in [0.15, 0.2) is 0 Å². The molecule has 0 radical (unpaired) electrons. The summed E-state index contributed by atoms with van der Waals surface area (Å²) in [5, 5.41) is 11.8. The Bertz CT molecular complexity index is 369. The highest BCUT2D eigenvalue weighted by molar-refractivity contribution is 5.99. The Labute approximate surface area is 101 Å². The van der Waals surface area contributed by atoms with Crippen molar-refractivity contribution in [1.29, 1.82) is 0 Å². The maximum absolute atomic E-state index is 12.2. The molecule has 94 valence electrons. The lowest BCUT2D eigenvalue weighted by Gasteiger charge is -2.21. The molecule has 0 saturated heterocycles. The van der Waals surface area contributed by atoms with Crippen LogP contribution in [-0.2, 0) is 0 Å². The zero-order chi connectivity index (χ0) is 12.7. The van der Waals surface area contributed by atoms with Crippen molar-refractivity contribution in [3.8, 4) is 0 Å². The minimum absolute atomic E-state index is 0.0570. The molecular weight excluding hydrogens is 218 g/mol. The minimum atomic E-state index is -0.0570. The second-order valence-electron chi connectivity index (χ2n) is 3.63. The SMILES string of the molecule is CCN(CCCO)C(=O)c1cnccc1NC. The van der Waals surface area contributed by atoms with E-state index >= 15 is 0 Å². The highest BCUT2D eigenvalue weighted by Crippen LogP contribution is 2.15. The van der Waals surface area contributed by atoms with Crippen LogP contribution in [0.3, 0.4) is 0 Å². The highest BCUT2D eigenvalue weighted by atomic mass is 16.3. The van der Waals surface area contributed by atoms with E-state index in [2.05, 4.69) is 10.3 Å². The van der Waals surface area contributed by atoms with E-state index in [0.717, 1.165) is 5.69 Å². The number of nitrogens with zero attached hydrogens (tertiary/aromatic N) is 2. The first-order valence-corrected chi connectivity index (χ1v) is 5.76. The molecule has 2 N–H and O–H groups in total. The van der Waals surface area contributed by atoms with Crippen LogP contribution in [0.5, 0.6) is 0 Å². The van der Waals surface area contributed by atoms with Gasteiger partial charge >= 0.3 is 0 Å². The van der Waals surface area contributed by atoms with Gasteiger partial charge in [0.05, 0.1) is 5.56 Å². The summed E-state index contributed by atoms with van der Waals surface area (Å²) in [6, 6.07) is 1.77. The van der Waals surface area contributed by atoms with E-state index in [9.17, 15) is 4.79 Å². The predicted octanol–water partition coefficient (Wildman–Crippen LogP) is 0.968. The van der Waals surface area contributed by atoms with Crippen LogP contribution in [0.4, 0.5) is 5.69 Å². The van der Waals surface area contributed by atoms with E-state index in [1.807, 2.05) is 6.92 Å². The Balaban J connectivity index is 2.85. The molecule has 0 aliphatic rings. The van der Waals surface area contributed by atoms with Crippen molar-refractivity contribution >= 4 is 11.6 Å². The van der Waals surface area contributed by atoms with Crippen LogP contribution in [0, 0.1) is 0 Å². The van der Waals surface area contributed by atoms with Gasteiger partial charge in [0.1, 0.15) is 0 Å². The number of anilines is 1. The summed E-state index contributed by atoms with van der Waals surface area (Å²) in [6.45, 7) is 3.20. The number of nitrogens with one attached hydrogen (secondary N) is 1. The van der Waals surface area contributed by atoms with Crippen molar-refractivity contribution in [3.05, 3.63) is 24.0 Å². The molecule has 5 nitrogen and oxygen atoms in total. The van der Waals surface area contributed by atoms with Crippen molar-refractivity contribution < 1.29 is 9.90 Å². The second-order valence-corrected chi connectivity index (χ2v) is 3.63. The molecule has 0 fully saturated rings. The van der Waals surface area contributed by atoms with Crippen molar-refractivity contribution in [3.63, 3.8) is 0 Å². The fraction of sp³-hybridized carbons (Fsp3) is 0.500. The summed E-state index contributed by atoms with van der Waals surface area (Å²) < 4.78 is 0. The number of aliphatic hydroxyl groups is 1. The van der Waals surface area contributed by atoms with Gasteiger partial charge in [-0.3, -0.25) is 9.78 Å². The molecule has 0 aromatic carbocycles. The average Bonchev–Trinajstić information content (AvgIpc) is 2.39. The van der Waals surface area contributed by atoms with Crippen molar-refractivity contribution in [2.45, 2.75) is 13.3 Å². The lowest BCUT2D eigenvalue weighted by molar-refractivity contribution is 0.0755. The molecule has 1 rings (SSSR count). The first-order valence-electron chi connectivity index (χ1n) is 5.76. The zero-order valence-corrected chi connectivity index (χ0v) is 10.3. The third-order valence-electron chi connectivity index (χ3n) is 2.58. The van der Waals surface area contributed by atoms with Crippen LogP contribution in [0.15, 0.2) is 18.5 Å². The number of amides is 1. The number of hydrogen-bond acceptors (Lipinski definition) is 4. The average molecular weight is 237 g/mol. The summed E-state index contributed by atoms with van der Waals surface area (Å²) >= 11 is 0. The smallest absolute Gasteiger partial charge is 0.257 e. The van der Waals surface area contributed by atoms with E-state index in [4.69, 9.17) is 5.11 Å². The topological polar surface area (TPSA) is 65.5 Å². The van der Waals surface area contributed by atoms with Crippen molar-refractivity contribution in [2.24, 2.45) is 0 Å². The minimum Gasteiger partial charge on any atom is -0.396 e. The van der Waals surface area contributed by atoms with Crippen LogP contribution in [0.2, 0.25) is 0 Å². The molecular formula is C12H19N3O2. The molecule has 17 heavy (non-hydrogen) atoms. The van der Waals surface area contributed by atoms with E-state index in [-0.39, 0.29) is 12.5 Å². The fourth-order valence-electron chi connectivity index (χ4n) is 1.62. The molecule has 0 saturated carbocycles. The molecule has 0 aliphatic carbocycles. The molecule has 0 spiro atoms. The first-order chi connectivity index (χ1) is 8.24. The van der Waals surface area contributed by atoms with Crippen LogP contribution < -0.4 is 5.32 Å². The Morgan fingerprint density at radius 2 is 2.35 bits per heavy atom. The van der Waals surface area contributed by atoms with Crippen LogP contribution >= 0.6 is 0 Å². The lowest BCUT2D eigenvalue weighted by Crippen LogP contribution is -2.32. The maximum Gasteiger partial charge on any atom is 0.257 e. The van der Waals surface area contributed by atoms with Gasteiger partial charge in [0, 0.05) is 44.8 Å². The molecule has 1 aromatic rings. The van der Waals surface area contributed by atoms with Gasteiger partial charge in [-0.1, -0.05) is 0 Å². The molecule has 1 heterocycles. The van der Waals surface area contributed by atoms with Crippen molar-refractivity contribution in [2.75, 3.05) is 32.1 Å². The number of carbonyl (C=O) groups is 1. The normalized spacial score (nSPS) is 10.1.